The fourth-order valence-corrected chi connectivity index (χ4v) is 5.67. The number of carbonyl (C=O) groups is 2. The first kappa shape index (κ1) is 27.6. The summed E-state index contributed by atoms with van der Waals surface area (Å²) in [6.07, 6.45) is -0.255. The molecule has 10 nitrogen and oxygen atoms in total. The molecule has 1 aliphatic heterocycles. The Bertz CT molecular complexity index is 1120. The number of methoxy groups -OCH3 is 2. The van der Waals surface area contributed by atoms with Crippen LogP contribution in [-0.4, -0.2) is 63.0 Å². The molecule has 2 aromatic rings. The molecule has 1 amide bonds. The molecule has 2 aromatic carbocycles. The molecule has 0 fully saturated rings. The summed E-state index contributed by atoms with van der Waals surface area (Å²) < 4.78 is 39.7. The number of rotatable bonds is 8. The van der Waals surface area contributed by atoms with Gasteiger partial charge in [0, 0.05) is 31.1 Å². The van der Waals surface area contributed by atoms with Crippen LogP contribution in [-0.2, 0) is 28.9 Å². The molecule has 4 N–H and O–H groups in total. The van der Waals surface area contributed by atoms with Crippen LogP contribution in [0.25, 0.3) is 0 Å². The summed E-state index contributed by atoms with van der Waals surface area (Å²) in [5.74, 6) is 0.0323. The highest BCUT2D eigenvalue weighted by atomic mass is 32.3. The van der Waals surface area contributed by atoms with E-state index in [1.54, 1.807) is 69.6 Å². The highest BCUT2D eigenvalue weighted by Crippen LogP contribution is 2.56. The number of amides is 1. The normalized spacial score (nSPS) is 16.9. The van der Waals surface area contributed by atoms with Gasteiger partial charge in [0.05, 0.1) is 19.1 Å². The van der Waals surface area contributed by atoms with E-state index in [9.17, 15) is 23.8 Å². The summed E-state index contributed by atoms with van der Waals surface area (Å²) in [7, 11) is -0.172. The summed E-state index contributed by atoms with van der Waals surface area (Å²) >= 11 is 0. The Hall–Kier alpha value is -2.99. The van der Waals surface area contributed by atoms with E-state index in [1.165, 1.54) is 0 Å². The standard InChI is InChI=1S/C25H34N2O8S/c1-25(2,3)35-24(30)26-20(23(28)29)13-16-6-9-22-17(12-16)10-11-27(36(22,31)32)15-18-7-8-19(33-4)14-21(18)34-5/h6-9,12,14,20,31-32H,10-11,13,15H2,1-5H3,(H,26,30)(H,28,29). The number of alkyl carbamates (subject to hydrolysis) is 1. The van der Waals surface area contributed by atoms with Gasteiger partial charge in [-0.3, -0.25) is 9.11 Å². The lowest BCUT2D eigenvalue weighted by Crippen LogP contribution is -2.44. The molecule has 1 unspecified atom stereocenters. The monoisotopic (exact) mass is 522 g/mol. The maximum Gasteiger partial charge on any atom is 0.408 e. The van der Waals surface area contributed by atoms with Gasteiger partial charge in [-0.25, -0.2) is 9.59 Å². The number of carboxylic acids is 1. The third-order valence-corrected chi connectivity index (χ3v) is 7.70. The molecule has 3 rings (SSSR count). The van der Waals surface area contributed by atoms with Gasteiger partial charge in [0.2, 0.25) is 0 Å². The molecule has 0 aliphatic carbocycles. The van der Waals surface area contributed by atoms with Crippen molar-refractivity contribution in [3.05, 3.63) is 53.1 Å². The maximum absolute atomic E-state index is 12.1. The average molecular weight is 523 g/mol. The van der Waals surface area contributed by atoms with E-state index in [2.05, 4.69) is 5.32 Å². The average Bonchev–Trinajstić information content (AvgIpc) is 2.79. The first-order chi connectivity index (χ1) is 16.8. The molecule has 1 aliphatic rings. The van der Waals surface area contributed by atoms with E-state index in [0.717, 1.165) is 11.1 Å². The molecule has 11 heteroatoms. The van der Waals surface area contributed by atoms with Crippen molar-refractivity contribution in [3.63, 3.8) is 0 Å². The largest absolute Gasteiger partial charge is 0.497 e. The highest BCUT2D eigenvalue weighted by molar-refractivity contribution is 8.22. The molecular weight excluding hydrogens is 488 g/mol. The lowest BCUT2D eigenvalue weighted by molar-refractivity contribution is -0.139. The Morgan fingerprint density at radius 1 is 1.11 bits per heavy atom. The first-order valence-corrected chi connectivity index (χ1v) is 12.9. The number of hydrogen-bond donors (Lipinski definition) is 4. The van der Waals surface area contributed by atoms with E-state index < -0.39 is 34.5 Å². The van der Waals surface area contributed by atoms with Gasteiger partial charge in [0.1, 0.15) is 23.1 Å². The van der Waals surface area contributed by atoms with Crippen molar-refractivity contribution in [1.29, 1.82) is 0 Å². The van der Waals surface area contributed by atoms with E-state index in [0.29, 0.717) is 34.9 Å². The summed E-state index contributed by atoms with van der Waals surface area (Å²) in [6.45, 7) is 5.72. The zero-order valence-electron chi connectivity index (χ0n) is 21.1. The second kappa shape index (κ2) is 11.0. The number of ether oxygens (including phenoxy) is 3. The Kier molecular flexibility index (Phi) is 8.40. The number of fused-ring (bicyclic) bond motifs is 1. The molecule has 1 atom stereocenters. The van der Waals surface area contributed by atoms with Gasteiger partial charge < -0.3 is 24.6 Å². The molecule has 198 valence electrons. The minimum atomic E-state index is -3.28. The Balaban J connectivity index is 1.77. The number of benzene rings is 2. The second-order valence-electron chi connectivity index (χ2n) is 9.49. The first-order valence-electron chi connectivity index (χ1n) is 11.4. The number of carbonyl (C=O) groups excluding carboxylic acids is 1. The SMILES string of the molecule is COc1ccc(CN2CCc3cc(CC(NC(=O)OC(C)(C)C)C(=O)O)ccc3S2(O)O)c(OC)c1. The van der Waals surface area contributed by atoms with Crippen LogP contribution in [0.4, 0.5) is 4.79 Å². The molecule has 0 aromatic heterocycles. The lowest BCUT2D eigenvalue weighted by atomic mass is 10.0. The number of nitrogens with zero attached hydrogens (tertiary/aromatic N) is 1. The molecule has 0 saturated carbocycles. The van der Waals surface area contributed by atoms with Crippen LogP contribution in [0, 0.1) is 0 Å². The number of hydrogen-bond acceptors (Lipinski definition) is 8. The molecule has 36 heavy (non-hydrogen) atoms. The van der Waals surface area contributed by atoms with E-state index in [1.807, 2.05) is 6.07 Å². The van der Waals surface area contributed by atoms with Crippen LogP contribution < -0.4 is 14.8 Å². The van der Waals surface area contributed by atoms with Gasteiger partial charge in [0.15, 0.2) is 0 Å². The summed E-state index contributed by atoms with van der Waals surface area (Å²) in [5.41, 5.74) is 1.41. The topological polar surface area (TPSA) is 138 Å². The molecule has 0 spiro atoms. The fourth-order valence-electron chi connectivity index (χ4n) is 3.96. The van der Waals surface area contributed by atoms with Crippen molar-refractivity contribution in [2.45, 2.75) is 56.7 Å². The van der Waals surface area contributed by atoms with Gasteiger partial charge in [-0.1, -0.05) is 18.2 Å². The maximum atomic E-state index is 12.1. The number of aliphatic carboxylic acids is 1. The Morgan fingerprint density at radius 3 is 2.44 bits per heavy atom. The van der Waals surface area contributed by atoms with Crippen molar-refractivity contribution in [1.82, 2.24) is 9.62 Å². The quantitative estimate of drug-likeness (QED) is 0.400. The molecule has 0 radical (unpaired) electrons. The molecule has 1 heterocycles. The predicted octanol–water partition coefficient (Wildman–Crippen LogP) is 4.31. The van der Waals surface area contributed by atoms with E-state index in [4.69, 9.17) is 14.2 Å². The van der Waals surface area contributed by atoms with Crippen LogP contribution in [0.2, 0.25) is 0 Å². The molecule has 0 bridgehead atoms. The van der Waals surface area contributed by atoms with E-state index >= 15 is 0 Å². The minimum absolute atomic E-state index is 0.0216. The van der Waals surface area contributed by atoms with Crippen LogP contribution in [0.1, 0.15) is 37.5 Å². The van der Waals surface area contributed by atoms with Crippen LogP contribution in [0.5, 0.6) is 11.5 Å². The van der Waals surface area contributed by atoms with Crippen LogP contribution in [0.3, 0.4) is 0 Å². The smallest absolute Gasteiger partial charge is 0.408 e. The van der Waals surface area contributed by atoms with Crippen molar-refractivity contribution < 1.29 is 38.0 Å². The third kappa shape index (κ3) is 6.61. The van der Waals surface area contributed by atoms with Gasteiger partial charge in [-0.2, -0.15) is 4.31 Å². The minimum Gasteiger partial charge on any atom is -0.497 e. The second-order valence-corrected chi connectivity index (χ2v) is 11.5. The van der Waals surface area contributed by atoms with E-state index in [-0.39, 0.29) is 13.0 Å². The summed E-state index contributed by atoms with van der Waals surface area (Å²) in [4.78, 5) is 24.2. The summed E-state index contributed by atoms with van der Waals surface area (Å²) in [5, 5.41) is 12.0. The van der Waals surface area contributed by atoms with Gasteiger partial charge in [-0.05, 0) is 50.5 Å². The van der Waals surface area contributed by atoms with Crippen LogP contribution in [0.15, 0.2) is 41.3 Å². The van der Waals surface area contributed by atoms with Crippen molar-refractivity contribution in [2.75, 3.05) is 20.8 Å². The van der Waals surface area contributed by atoms with Crippen LogP contribution >= 0.6 is 10.8 Å². The van der Waals surface area contributed by atoms with Gasteiger partial charge in [0.25, 0.3) is 0 Å². The zero-order chi connectivity index (χ0) is 26.7. The number of nitrogens with one attached hydrogen (secondary N) is 1. The van der Waals surface area contributed by atoms with Crippen molar-refractivity contribution in [3.8, 4) is 11.5 Å². The van der Waals surface area contributed by atoms with Crippen molar-refractivity contribution >= 4 is 22.8 Å². The summed E-state index contributed by atoms with van der Waals surface area (Å²) in [6, 6.07) is 9.20. The zero-order valence-corrected chi connectivity index (χ0v) is 21.9. The molecule has 0 saturated heterocycles. The Labute approximate surface area is 212 Å². The lowest BCUT2D eigenvalue weighted by Gasteiger charge is -2.47. The van der Waals surface area contributed by atoms with Gasteiger partial charge >= 0.3 is 12.1 Å². The Morgan fingerprint density at radius 2 is 1.83 bits per heavy atom. The molecular formula is C25H34N2O8S. The number of carboxylic acid groups (broad SMARTS) is 1. The van der Waals surface area contributed by atoms with Gasteiger partial charge in [-0.15, -0.1) is 10.8 Å². The predicted molar refractivity (Wildman–Crippen MR) is 136 cm³/mol. The van der Waals surface area contributed by atoms with Crippen molar-refractivity contribution in [2.24, 2.45) is 0 Å². The highest BCUT2D eigenvalue weighted by Gasteiger charge is 2.33. The fraction of sp³-hybridized carbons (Fsp3) is 0.440. The third-order valence-electron chi connectivity index (χ3n) is 5.68.